The van der Waals surface area contributed by atoms with E-state index in [1.165, 1.54) is 11.8 Å². The Morgan fingerprint density at radius 1 is 1.19 bits per heavy atom. The minimum absolute atomic E-state index is 0.0661. The maximum absolute atomic E-state index is 12.7. The number of carbonyl (C=O) groups is 2. The van der Waals surface area contributed by atoms with Gasteiger partial charge in [-0.3, -0.25) is 9.59 Å². The minimum atomic E-state index is -0.170. The molecule has 1 aliphatic rings. The fourth-order valence-corrected chi connectivity index (χ4v) is 4.69. The Bertz CT molecular complexity index is 1130. The van der Waals surface area contributed by atoms with Gasteiger partial charge in [0.25, 0.3) is 0 Å². The van der Waals surface area contributed by atoms with E-state index in [1.54, 1.807) is 25.3 Å². The number of halogens is 1. The Morgan fingerprint density at radius 3 is 2.75 bits per heavy atom. The molecule has 7 nitrogen and oxygen atoms in total. The third-order valence-electron chi connectivity index (χ3n) is 5.22. The molecule has 1 saturated heterocycles. The zero-order valence-electron chi connectivity index (χ0n) is 17.7. The van der Waals surface area contributed by atoms with Crippen molar-refractivity contribution in [3.63, 3.8) is 0 Å². The van der Waals surface area contributed by atoms with Gasteiger partial charge in [-0.2, -0.15) is 0 Å². The van der Waals surface area contributed by atoms with Gasteiger partial charge in [-0.05, 0) is 24.3 Å². The van der Waals surface area contributed by atoms with Crippen LogP contribution in [0.25, 0.3) is 10.9 Å². The zero-order chi connectivity index (χ0) is 22.5. The SMILES string of the molecule is COc1ccc(Cl)cc1NC(=O)CSc1cn(CC(=O)N2CCOCC2)c2ccccc12. The summed E-state index contributed by atoms with van der Waals surface area (Å²) in [6, 6.07) is 13.0. The molecular formula is C23H24ClN3O4S. The number of carbonyl (C=O) groups excluding carboxylic acids is 2. The highest BCUT2D eigenvalue weighted by molar-refractivity contribution is 8.00. The Kier molecular flexibility index (Phi) is 7.24. The van der Waals surface area contributed by atoms with Gasteiger partial charge in [-0.1, -0.05) is 29.8 Å². The van der Waals surface area contributed by atoms with E-state index in [9.17, 15) is 9.59 Å². The van der Waals surface area contributed by atoms with E-state index in [0.717, 1.165) is 15.8 Å². The molecule has 0 unspecified atom stereocenters. The number of fused-ring (bicyclic) bond motifs is 1. The van der Waals surface area contributed by atoms with Gasteiger partial charge in [-0.15, -0.1) is 11.8 Å². The smallest absolute Gasteiger partial charge is 0.242 e. The highest BCUT2D eigenvalue weighted by Crippen LogP contribution is 2.31. The Labute approximate surface area is 195 Å². The number of amides is 2. The first-order chi connectivity index (χ1) is 15.5. The molecule has 1 aromatic heterocycles. The summed E-state index contributed by atoms with van der Waals surface area (Å²) in [4.78, 5) is 28.1. The maximum Gasteiger partial charge on any atom is 0.242 e. The highest BCUT2D eigenvalue weighted by atomic mass is 35.5. The van der Waals surface area contributed by atoms with Crippen molar-refractivity contribution in [1.82, 2.24) is 9.47 Å². The third-order valence-corrected chi connectivity index (χ3v) is 6.49. The predicted octanol–water partition coefficient (Wildman–Crippen LogP) is 3.89. The number of hydrogen-bond acceptors (Lipinski definition) is 5. The summed E-state index contributed by atoms with van der Waals surface area (Å²) in [7, 11) is 1.54. The fourth-order valence-electron chi connectivity index (χ4n) is 3.62. The number of methoxy groups -OCH3 is 1. The first-order valence-corrected chi connectivity index (χ1v) is 11.6. The van der Waals surface area contributed by atoms with Crippen LogP contribution in [0, 0.1) is 0 Å². The van der Waals surface area contributed by atoms with Crippen LogP contribution in [0.1, 0.15) is 0 Å². The van der Waals surface area contributed by atoms with Crippen LogP contribution in [0.3, 0.4) is 0 Å². The van der Waals surface area contributed by atoms with E-state index in [0.29, 0.717) is 42.8 Å². The molecule has 1 fully saturated rings. The van der Waals surface area contributed by atoms with E-state index < -0.39 is 0 Å². The summed E-state index contributed by atoms with van der Waals surface area (Å²) in [5.41, 5.74) is 1.50. The molecule has 168 valence electrons. The molecule has 3 aromatic rings. The minimum Gasteiger partial charge on any atom is -0.495 e. The monoisotopic (exact) mass is 473 g/mol. The van der Waals surface area contributed by atoms with Gasteiger partial charge in [0, 0.05) is 40.1 Å². The molecule has 0 saturated carbocycles. The topological polar surface area (TPSA) is 72.8 Å². The van der Waals surface area contributed by atoms with Gasteiger partial charge >= 0.3 is 0 Å². The van der Waals surface area contributed by atoms with Crippen molar-refractivity contribution in [2.45, 2.75) is 11.4 Å². The van der Waals surface area contributed by atoms with E-state index in [-0.39, 0.29) is 24.1 Å². The first kappa shape index (κ1) is 22.5. The maximum atomic E-state index is 12.7. The van der Waals surface area contributed by atoms with Crippen LogP contribution in [0.2, 0.25) is 5.02 Å². The summed E-state index contributed by atoms with van der Waals surface area (Å²) < 4.78 is 12.6. The van der Waals surface area contributed by atoms with Crippen molar-refractivity contribution in [1.29, 1.82) is 0 Å². The van der Waals surface area contributed by atoms with Gasteiger partial charge in [0.1, 0.15) is 12.3 Å². The number of hydrogen-bond donors (Lipinski definition) is 1. The molecule has 0 bridgehead atoms. The second-order valence-corrected chi connectivity index (χ2v) is 8.77. The standard InChI is InChI=1S/C23H24ClN3O4S/c1-30-20-7-6-16(24)12-18(20)25-22(28)15-32-21-13-27(19-5-3-2-4-17(19)21)14-23(29)26-8-10-31-11-9-26/h2-7,12-13H,8-11,14-15H2,1H3,(H,25,28). The first-order valence-electron chi connectivity index (χ1n) is 10.2. The molecule has 1 N–H and O–H groups in total. The molecule has 2 heterocycles. The van der Waals surface area contributed by atoms with Crippen LogP contribution in [-0.4, -0.2) is 60.4 Å². The number of benzene rings is 2. The Morgan fingerprint density at radius 2 is 1.97 bits per heavy atom. The number of aromatic nitrogens is 1. The molecule has 0 radical (unpaired) electrons. The zero-order valence-corrected chi connectivity index (χ0v) is 19.2. The largest absolute Gasteiger partial charge is 0.495 e. The molecular weight excluding hydrogens is 450 g/mol. The van der Waals surface area contributed by atoms with E-state index in [2.05, 4.69) is 5.32 Å². The lowest BCUT2D eigenvalue weighted by molar-refractivity contribution is -0.135. The average molecular weight is 474 g/mol. The van der Waals surface area contributed by atoms with Crippen LogP contribution in [0.15, 0.2) is 53.6 Å². The Balaban J connectivity index is 1.46. The number of ether oxygens (including phenoxy) is 2. The number of thioether (sulfide) groups is 1. The number of para-hydroxylation sites is 1. The lowest BCUT2D eigenvalue weighted by Crippen LogP contribution is -2.42. The summed E-state index contributed by atoms with van der Waals surface area (Å²) in [6.07, 6.45) is 1.95. The average Bonchev–Trinajstić information content (AvgIpc) is 3.16. The molecule has 0 aliphatic carbocycles. The van der Waals surface area contributed by atoms with Crippen LogP contribution < -0.4 is 10.1 Å². The van der Waals surface area contributed by atoms with E-state index in [1.807, 2.05) is 39.9 Å². The van der Waals surface area contributed by atoms with Gasteiger partial charge in [-0.25, -0.2) is 0 Å². The number of morpholine rings is 1. The summed E-state index contributed by atoms with van der Waals surface area (Å²) in [5, 5.41) is 4.38. The molecule has 2 aromatic carbocycles. The van der Waals surface area contributed by atoms with Gasteiger partial charge < -0.3 is 24.3 Å². The Hall–Kier alpha value is -2.68. The van der Waals surface area contributed by atoms with Crippen molar-refractivity contribution >= 4 is 51.8 Å². The van der Waals surface area contributed by atoms with Crippen LogP contribution in [0.5, 0.6) is 5.75 Å². The summed E-state index contributed by atoms with van der Waals surface area (Å²) >= 11 is 7.47. The lowest BCUT2D eigenvalue weighted by atomic mass is 10.2. The quantitative estimate of drug-likeness (QED) is 0.527. The summed E-state index contributed by atoms with van der Waals surface area (Å²) in [6.45, 7) is 2.64. The van der Waals surface area contributed by atoms with Crippen LogP contribution >= 0.6 is 23.4 Å². The number of rotatable bonds is 7. The second-order valence-electron chi connectivity index (χ2n) is 7.31. The third kappa shape index (κ3) is 5.20. The van der Waals surface area contributed by atoms with Crippen molar-refractivity contribution in [3.8, 4) is 5.75 Å². The van der Waals surface area contributed by atoms with Crippen LogP contribution in [-0.2, 0) is 20.9 Å². The van der Waals surface area contributed by atoms with Crippen molar-refractivity contribution in [3.05, 3.63) is 53.7 Å². The second kappa shape index (κ2) is 10.3. The van der Waals surface area contributed by atoms with Gasteiger partial charge in [0.05, 0.1) is 31.8 Å². The summed E-state index contributed by atoms with van der Waals surface area (Å²) in [5.74, 6) is 0.653. The normalized spacial score (nSPS) is 13.9. The van der Waals surface area contributed by atoms with E-state index in [4.69, 9.17) is 21.1 Å². The number of anilines is 1. The molecule has 32 heavy (non-hydrogen) atoms. The molecule has 9 heteroatoms. The highest BCUT2D eigenvalue weighted by Gasteiger charge is 2.19. The lowest BCUT2D eigenvalue weighted by Gasteiger charge is -2.27. The number of nitrogens with zero attached hydrogens (tertiary/aromatic N) is 2. The molecule has 4 rings (SSSR count). The van der Waals surface area contributed by atoms with Crippen LogP contribution in [0.4, 0.5) is 5.69 Å². The number of nitrogens with one attached hydrogen (secondary N) is 1. The van der Waals surface area contributed by atoms with Gasteiger partial charge in [0.2, 0.25) is 11.8 Å². The van der Waals surface area contributed by atoms with E-state index >= 15 is 0 Å². The van der Waals surface area contributed by atoms with Gasteiger partial charge in [0.15, 0.2) is 0 Å². The molecule has 1 aliphatic heterocycles. The fraction of sp³-hybridized carbons (Fsp3) is 0.304. The molecule has 0 spiro atoms. The van der Waals surface area contributed by atoms with Crippen molar-refractivity contribution in [2.24, 2.45) is 0 Å². The predicted molar refractivity (Wildman–Crippen MR) is 127 cm³/mol. The van der Waals surface area contributed by atoms with Crippen molar-refractivity contribution < 1.29 is 19.1 Å². The molecule has 0 atom stereocenters. The van der Waals surface area contributed by atoms with Crippen molar-refractivity contribution in [2.75, 3.05) is 44.5 Å². The molecule has 2 amide bonds.